The highest BCUT2D eigenvalue weighted by Crippen LogP contribution is 2.20. The Bertz CT molecular complexity index is 694. The van der Waals surface area contributed by atoms with Crippen LogP contribution in [-0.4, -0.2) is 65.7 Å². The summed E-state index contributed by atoms with van der Waals surface area (Å²) in [6.45, 7) is 1.46. The number of rotatable bonds is 4. The van der Waals surface area contributed by atoms with E-state index in [0.717, 1.165) is 6.26 Å². The molecule has 23 heavy (non-hydrogen) atoms. The Balaban J connectivity index is 2.04. The van der Waals surface area contributed by atoms with Gasteiger partial charge in [-0.15, -0.1) is 0 Å². The number of aryl methyl sites for hydroxylation is 1. The summed E-state index contributed by atoms with van der Waals surface area (Å²) >= 11 is 0. The maximum atomic E-state index is 12.8. The summed E-state index contributed by atoms with van der Waals surface area (Å²) in [6.07, 6.45) is 1.12. The van der Waals surface area contributed by atoms with Crippen molar-refractivity contribution in [2.75, 3.05) is 32.4 Å². The van der Waals surface area contributed by atoms with Gasteiger partial charge < -0.3 is 4.90 Å². The summed E-state index contributed by atoms with van der Waals surface area (Å²) in [5, 5.41) is 3.76. The van der Waals surface area contributed by atoms with Gasteiger partial charge in [0.1, 0.15) is 0 Å². The zero-order valence-corrected chi connectivity index (χ0v) is 14.1. The third-order valence-corrected chi connectivity index (χ3v) is 5.35. The molecule has 1 fully saturated rings. The first-order chi connectivity index (χ1) is 10.6. The van der Waals surface area contributed by atoms with Crippen LogP contribution in [0.25, 0.3) is 0 Å². The molecule has 0 spiro atoms. The second kappa shape index (κ2) is 6.52. The molecule has 1 amide bonds. The lowest BCUT2D eigenvalue weighted by Gasteiger charge is -2.33. The largest absolute Gasteiger partial charge is 0.340 e. The second-order valence-electron chi connectivity index (χ2n) is 5.59. The number of aromatic nitrogens is 2. The zero-order chi connectivity index (χ0) is 17.4. The van der Waals surface area contributed by atoms with Gasteiger partial charge in [0.2, 0.25) is 15.9 Å². The van der Waals surface area contributed by atoms with E-state index < -0.39 is 16.6 Å². The average molecular weight is 350 g/mol. The highest BCUT2D eigenvalue weighted by Gasteiger charge is 2.27. The van der Waals surface area contributed by atoms with Gasteiger partial charge in [0.25, 0.3) is 0 Å². The molecule has 0 aliphatic carbocycles. The molecule has 7 nitrogen and oxygen atoms in total. The first-order valence-corrected chi connectivity index (χ1v) is 9.01. The Morgan fingerprint density at radius 3 is 2.22 bits per heavy atom. The molecule has 2 rings (SSSR count). The van der Waals surface area contributed by atoms with Crippen molar-refractivity contribution in [3.8, 4) is 0 Å². The van der Waals surface area contributed by atoms with Crippen molar-refractivity contribution in [2.24, 2.45) is 0 Å². The van der Waals surface area contributed by atoms with Crippen LogP contribution in [0.2, 0.25) is 0 Å². The zero-order valence-electron chi connectivity index (χ0n) is 13.3. The van der Waals surface area contributed by atoms with Crippen LogP contribution in [0.5, 0.6) is 0 Å². The lowest BCUT2D eigenvalue weighted by atomic mass is 10.1. The Kier molecular flexibility index (Phi) is 5.04. The molecule has 1 aliphatic rings. The Labute approximate surface area is 133 Å². The van der Waals surface area contributed by atoms with Crippen LogP contribution < -0.4 is 0 Å². The number of hydrogen-bond donors (Lipinski definition) is 0. The van der Waals surface area contributed by atoms with Crippen molar-refractivity contribution in [2.45, 2.75) is 26.8 Å². The molecular formula is C13H20F2N4O3S. The van der Waals surface area contributed by atoms with Crippen molar-refractivity contribution in [3.63, 3.8) is 0 Å². The summed E-state index contributed by atoms with van der Waals surface area (Å²) in [5.41, 5.74) is 1.19. The second-order valence-corrected chi connectivity index (χ2v) is 7.57. The smallest absolute Gasteiger partial charge is 0.333 e. The van der Waals surface area contributed by atoms with Crippen molar-refractivity contribution >= 4 is 15.9 Å². The molecule has 0 unspecified atom stereocenters. The fraction of sp³-hybridized carbons (Fsp3) is 0.692. The van der Waals surface area contributed by atoms with Gasteiger partial charge in [-0.05, 0) is 13.8 Å². The molecular weight excluding hydrogens is 330 g/mol. The predicted octanol–water partition coefficient (Wildman–Crippen LogP) is 0.541. The van der Waals surface area contributed by atoms with Crippen LogP contribution in [0.4, 0.5) is 8.78 Å². The Morgan fingerprint density at radius 1 is 1.22 bits per heavy atom. The van der Waals surface area contributed by atoms with Crippen molar-refractivity contribution in [1.29, 1.82) is 0 Å². The number of alkyl halides is 2. The van der Waals surface area contributed by atoms with E-state index in [0.29, 0.717) is 29.0 Å². The molecule has 1 saturated heterocycles. The van der Waals surface area contributed by atoms with Gasteiger partial charge in [-0.25, -0.2) is 13.1 Å². The third kappa shape index (κ3) is 3.86. The number of amides is 1. The van der Waals surface area contributed by atoms with E-state index in [9.17, 15) is 22.0 Å². The fourth-order valence-electron chi connectivity index (χ4n) is 2.68. The van der Waals surface area contributed by atoms with Gasteiger partial charge in [-0.3, -0.25) is 4.79 Å². The minimum Gasteiger partial charge on any atom is -0.340 e. The molecule has 10 heteroatoms. The number of carbonyl (C=O) groups is 1. The van der Waals surface area contributed by atoms with E-state index in [-0.39, 0.29) is 31.1 Å². The first kappa shape index (κ1) is 17.8. The average Bonchev–Trinajstić information content (AvgIpc) is 2.74. The topological polar surface area (TPSA) is 75.5 Å². The van der Waals surface area contributed by atoms with E-state index in [2.05, 4.69) is 5.10 Å². The normalized spacial score (nSPS) is 17.0. The molecule has 0 radical (unpaired) electrons. The summed E-state index contributed by atoms with van der Waals surface area (Å²) in [6, 6.07) is 0. The first-order valence-electron chi connectivity index (χ1n) is 7.17. The number of carbonyl (C=O) groups excluding carboxylic acids is 1. The monoisotopic (exact) mass is 350 g/mol. The third-order valence-electron chi connectivity index (χ3n) is 4.05. The maximum absolute atomic E-state index is 12.8. The van der Waals surface area contributed by atoms with Crippen LogP contribution in [-0.2, 0) is 21.2 Å². The number of sulfonamides is 1. The van der Waals surface area contributed by atoms with Crippen LogP contribution in [0, 0.1) is 13.8 Å². The number of halogens is 2. The van der Waals surface area contributed by atoms with Gasteiger partial charge in [0.15, 0.2) is 0 Å². The van der Waals surface area contributed by atoms with Crippen LogP contribution in [0.1, 0.15) is 23.5 Å². The van der Waals surface area contributed by atoms with Crippen LogP contribution in [0.3, 0.4) is 0 Å². The number of hydrogen-bond acceptors (Lipinski definition) is 4. The molecule has 0 saturated carbocycles. The molecule has 1 aromatic heterocycles. The van der Waals surface area contributed by atoms with Gasteiger partial charge in [0.05, 0.1) is 18.4 Å². The van der Waals surface area contributed by atoms with E-state index in [1.807, 2.05) is 0 Å². The van der Waals surface area contributed by atoms with Gasteiger partial charge in [0, 0.05) is 37.4 Å². The highest BCUT2D eigenvalue weighted by molar-refractivity contribution is 7.88. The summed E-state index contributed by atoms with van der Waals surface area (Å²) in [4.78, 5) is 13.9. The molecule has 0 aromatic carbocycles. The highest BCUT2D eigenvalue weighted by atomic mass is 32.2. The number of piperazine rings is 1. The summed E-state index contributed by atoms with van der Waals surface area (Å²) in [7, 11) is -3.25. The lowest BCUT2D eigenvalue weighted by Crippen LogP contribution is -2.50. The molecule has 0 atom stereocenters. The minimum absolute atomic E-state index is 0.0107. The van der Waals surface area contributed by atoms with Crippen LogP contribution >= 0.6 is 0 Å². The molecule has 0 N–H and O–H groups in total. The molecule has 1 aliphatic heterocycles. The van der Waals surface area contributed by atoms with Crippen molar-refractivity contribution in [1.82, 2.24) is 19.0 Å². The SMILES string of the molecule is Cc1nn(C(F)F)c(C)c1CC(=O)N1CCN(S(C)(=O)=O)CC1. The number of nitrogens with zero attached hydrogens (tertiary/aromatic N) is 4. The Morgan fingerprint density at radius 2 is 1.78 bits per heavy atom. The van der Waals surface area contributed by atoms with Gasteiger partial charge >= 0.3 is 6.55 Å². The fourth-order valence-corrected chi connectivity index (χ4v) is 3.50. The Hall–Kier alpha value is -1.55. The quantitative estimate of drug-likeness (QED) is 0.794. The van der Waals surface area contributed by atoms with Crippen molar-refractivity contribution < 1.29 is 22.0 Å². The lowest BCUT2D eigenvalue weighted by molar-refractivity contribution is -0.131. The van der Waals surface area contributed by atoms with Gasteiger partial charge in [-0.2, -0.15) is 18.2 Å². The molecule has 130 valence electrons. The van der Waals surface area contributed by atoms with E-state index in [1.54, 1.807) is 11.8 Å². The molecule has 2 heterocycles. The predicted molar refractivity (Wildman–Crippen MR) is 79.7 cm³/mol. The van der Waals surface area contributed by atoms with E-state index >= 15 is 0 Å². The molecule has 0 bridgehead atoms. The molecule has 1 aromatic rings. The van der Waals surface area contributed by atoms with Crippen LogP contribution in [0.15, 0.2) is 0 Å². The van der Waals surface area contributed by atoms with E-state index in [4.69, 9.17) is 0 Å². The van der Waals surface area contributed by atoms with Gasteiger partial charge in [-0.1, -0.05) is 0 Å². The van der Waals surface area contributed by atoms with Crippen molar-refractivity contribution in [3.05, 3.63) is 17.0 Å². The van der Waals surface area contributed by atoms with E-state index in [1.165, 1.54) is 11.2 Å². The minimum atomic E-state index is -3.25. The summed E-state index contributed by atoms with van der Waals surface area (Å²) < 4.78 is 50.5. The maximum Gasteiger partial charge on any atom is 0.333 e. The summed E-state index contributed by atoms with van der Waals surface area (Å²) in [5.74, 6) is -0.210. The standard InChI is InChI=1S/C13H20F2N4O3S/c1-9-11(10(2)19(16-9)13(14)15)8-12(20)17-4-6-18(7-5-17)23(3,21)22/h13H,4-8H2,1-3H3.